The van der Waals surface area contributed by atoms with Gasteiger partial charge in [-0.2, -0.15) is 0 Å². The van der Waals surface area contributed by atoms with Crippen LogP contribution in [0, 0.1) is 0 Å². The van der Waals surface area contributed by atoms with Crippen molar-refractivity contribution in [1.82, 2.24) is 5.32 Å². The van der Waals surface area contributed by atoms with Gasteiger partial charge in [-0.05, 0) is 61.7 Å². The van der Waals surface area contributed by atoms with Gasteiger partial charge in [0.2, 0.25) is 5.91 Å². The molecule has 3 rings (SSSR count). The fourth-order valence-electron chi connectivity index (χ4n) is 3.33. The van der Waals surface area contributed by atoms with E-state index >= 15 is 0 Å². The molecule has 1 atom stereocenters. The summed E-state index contributed by atoms with van der Waals surface area (Å²) >= 11 is 0. The summed E-state index contributed by atoms with van der Waals surface area (Å²) in [7, 11) is 1.58. The molecule has 30 heavy (non-hydrogen) atoms. The summed E-state index contributed by atoms with van der Waals surface area (Å²) in [6.07, 6.45) is 0.760. The van der Waals surface area contributed by atoms with Gasteiger partial charge in [-0.25, -0.2) is 0 Å². The first-order valence-corrected chi connectivity index (χ1v) is 9.92. The van der Waals surface area contributed by atoms with E-state index in [1.54, 1.807) is 51.3 Å². The molecule has 2 aromatic rings. The molecule has 2 amide bonds. The van der Waals surface area contributed by atoms with Crippen LogP contribution < -0.4 is 15.4 Å². The average Bonchev–Trinajstić information content (AvgIpc) is 2.72. The lowest BCUT2D eigenvalue weighted by molar-refractivity contribution is -0.148. The molecule has 0 radical (unpaired) electrons. The number of methoxy groups -OCH3 is 1. The second-order valence-corrected chi connectivity index (χ2v) is 7.46. The summed E-state index contributed by atoms with van der Waals surface area (Å²) in [5.41, 5.74) is 2.90. The van der Waals surface area contributed by atoms with Crippen LogP contribution in [-0.2, 0) is 20.7 Å². The van der Waals surface area contributed by atoms with Gasteiger partial charge < -0.3 is 20.1 Å². The smallest absolute Gasteiger partial charge is 0.308 e. The highest BCUT2D eigenvalue weighted by Gasteiger charge is 2.22. The number of fused-ring (bicyclic) bond motifs is 1. The lowest BCUT2D eigenvalue weighted by Gasteiger charge is -2.21. The first kappa shape index (κ1) is 21.4. The van der Waals surface area contributed by atoms with Crippen LogP contribution in [0.15, 0.2) is 42.5 Å². The number of hydrogen-bond acceptors (Lipinski definition) is 5. The van der Waals surface area contributed by atoms with Gasteiger partial charge in [0.15, 0.2) is 0 Å². The van der Waals surface area contributed by atoms with Crippen LogP contribution >= 0.6 is 0 Å². The van der Waals surface area contributed by atoms with E-state index in [0.717, 1.165) is 16.8 Å². The Hall–Kier alpha value is -3.35. The lowest BCUT2D eigenvalue weighted by atomic mass is 9.99. The summed E-state index contributed by atoms with van der Waals surface area (Å²) < 4.78 is 10.4. The van der Waals surface area contributed by atoms with E-state index in [9.17, 15) is 14.4 Å². The monoisotopic (exact) mass is 410 g/mol. The number of aryl methyl sites for hydroxylation is 1. The summed E-state index contributed by atoms with van der Waals surface area (Å²) in [6.45, 7) is 3.57. The quantitative estimate of drug-likeness (QED) is 0.683. The van der Waals surface area contributed by atoms with Crippen LogP contribution in [0.2, 0.25) is 0 Å². The third-order valence-corrected chi connectivity index (χ3v) is 4.82. The van der Waals surface area contributed by atoms with Crippen molar-refractivity contribution in [3.63, 3.8) is 0 Å². The van der Waals surface area contributed by atoms with E-state index in [1.165, 1.54) is 0 Å². The fraction of sp³-hybridized carbons (Fsp3) is 0.348. The van der Waals surface area contributed by atoms with Crippen molar-refractivity contribution in [2.45, 2.75) is 45.3 Å². The molecule has 0 aliphatic carbocycles. The Bertz CT molecular complexity index is 937. The first-order chi connectivity index (χ1) is 14.4. The predicted octanol–water partition coefficient (Wildman–Crippen LogP) is 3.39. The maximum Gasteiger partial charge on any atom is 0.308 e. The van der Waals surface area contributed by atoms with Crippen molar-refractivity contribution in [3.05, 3.63) is 59.2 Å². The largest absolute Gasteiger partial charge is 0.497 e. The summed E-state index contributed by atoms with van der Waals surface area (Å²) in [4.78, 5) is 36.7. The minimum absolute atomic E-state index is 0.0112. The fourth-order valence-corrected chi connectivity index (χ4v) is 3.33. The lowest BCUT2D eigenvalue weighted by Crippen LogP contribution is -2.31. The van der Waals surface area contributed by atoms with Gasteiger partial charge in [0.05, 0.1) is 25.7 Å². The molecule has 0 spiro atoms. The second-order valence-electron chi connectivity index (χ2n) is 7.46. The number of ether oxygens (including phenoxy) is 2. The summed E-state index contributed by atoms with van der Waals surface area (Å²) in [5, 5.41) is 5.74. The number of amides is 2. The average molecular weight is 410 g/mol. The van der Waals surface area contributed by atoms with Crippen molar-refractivity contribution >= 4 is 23.5 Å². The predicted molar refractivity (Wildman–Crippen MR) is 112 cm³/mol. The minimum atomic E-state index is -0.551. The number of benzene rings is 2. The molecule has 0 fully saturated rings. The molecular formula is C23H26N2O5. The zero-order valence-electron chi connectivity index (χ0n) is 17.4. The van der Waals surface area contributed by atoms with E-state index in [0.29, 0.717) is 24.2 Å². The highest BCUT2D eigenvalue weighted by atomic mass is 16.5. The molecule has 0 unspecified atom stereocenters. The van der Waals surface area contributed by atoms with Gasteiger partial charge in [0.1, 0.15) is 5.75 Å². The van der Waals surface area contributed by atoms with E-state index < -0.39 is 6.04 Å². The Morgan fingerprint density at radius 3 is 2.50 bits per heavy atom. The van der Waals surface area contributed by atoms with E-state index in [2.05, 4.69) is 10.6 Å². The Kier molecular flexibility index (Phi) is 6.72. The van der Waals surface area contributed by atoms with E-state index in [1.807, 2.05) is 12.1 Å². The molecule has 0 aromatic heterocycles. The molecule has 1 aliphatic rings. The summed E-state index contributed by atoms with van der Waals surface area (Å²) in [5.74, 6) is -0.0274. The second kappa shape index (κ2) is 9.43. The third kappa shape index (κ3) is 5.37. The van der Waals surface area contributed by atoms with Crippen LogP contribution in [0.5, 0.6) is 5.75 Å². The zero-order chi connectivity index (χ0) is 21.7. The molecular weight excluding hydrogens is 384 g/mol. The van der Waals surface area contributed by atoms with Crippen LogP contribution in [0.25, 0.3) is 0 Å². The van der Waals surface area contributed by atoms with Gasteiger partial charge in [-0.3, -0.25) is 14.4 Å². The molecule has 1 heterocycles. The molecule has 7 nitrogen and oxygen atoms in total. The normalized spacial score (nSPS) is 13.8. The van der Waals surface area contributed by atoms with Crippen molar-refractivity contribution in [1.29, 1.82) is 0 Å². The van der Waals surface area contributed by atoms with E-state index in [4.69, 9.17) is 9.47 Å². The van der Waals surface area contributed by atoms with Crippen molar-refractivity contribution in [2.75, 3.05) is 12.4 Å². The number of carbonyl (C=O) groups is 3. The third-order valence-electron chi connectivity index (χ3n) is 4.82. The van der Waals surface area contributed by atoms with Gasteiger partial charge in [0.25, 0.3) is 5.91 Å². The maximum absolute atomic E-state index is 12.9. The van der Waals surface area contributed by atoms with Crippen LogP contribution in [0.3, 0.4) is 0 Å². The van der Waals surface area contributed by atoms with Gasteiger partial charge in [-0.15, -0.1) is 0 Å². The Morgan fingerprint density at radius 1 is 1.10 bits per heavy atom. The molecule has 1 aliphatic heterocycles. The minimum Gasteiger partial charge on any atom is -0.497 e. The van der Waals surface area contributed by atoms with Crippen molar-refractivity contribution < 1.29 is 23.9 Å². The SMILES string of the molecule is COc1ccc([C@H](CC(=O)OC(C)C)NC(=O)c2ccc3c(c2)CCC(=O)N3)cc1. The topological polar surface area (TPSA) is 93.7 Å². The van der Waals surface area contributed by atoms with Gasteiger partial charge in [0, 0.05) is 17.7 Å². The van der Waals surface area contributed by atoms with Crippen molar-refractivity contribution in [2.24, 2.45) is 0 Å². The summed E-state index contributed by atoms with van der Waals surface area (Å²) in [6, 6.07) is 11.8. The highest BCUT2D eigenvalue weighted by Crippen LogP contribution is 2.25. The highest BCUT2D eigenvalue weighted by molar-refractivity contribution is 5.98. The molecule has 7 heteroatoms. The molecule has 0 saturated heterocycles. The van der Waals surface area contributed by atoms with E-state index in [-0.39, 0.29) is 30.3 Å². The number of esters is 1. The zero-order valence-corrected chi connectivity index (χ0v) is 17.4. The molecule has 2 N–H and O–H groups in total. The Morgan fingerprint density at radius 2 is 1.83 bits per heavy atom. The number of nitrogens with one attached hydrogen (secondary N) is 2. The number of carbonyl (C=O) groups excluding carboxylic acids is 3. The Balaban J connectivity index is 1.79. The molecule has 0 saturated carbocycles. The van der Waals surface area contributed by atoms with Gasteiger partial charge >= 0.3 is 5.97 Å². The Labute approximate surface area is 175 Å². The van der Waals surface area contributed by atoms with Gasteiger partial charge in [-0.1, -0.05) is 12.1 Å². The first-order valence-electron chi connectivity index (χ1n) is 9.92. The number of rotatable bonds is 7. The van der Waals surface area contributed by atoms with Crippen LogP contribution in [0.1, 0.15) is 54.2 Å². The van der Waals surface area contributed by atoms with Crippen LogP contribution in [-0.4, -0.2) is 31.0 Å². The maximum atomic E-state index is 12.9. The molecule has 158 valence electrons. The van der Waals surface area contributed by atoms with Crippen LogP contribution in [0.4, 0.5) is 5.69 Å². The standard InChI is InChI=1S/C23H26N2O5/c1-14(2)30-22(27)13-20(15-4-8-18(29-3)9-5-15)25-23(28)17-6-10-19-16(12-17)7-11-21(26)24-19/h4-6,8-10,12,14,20H,7,11,13H2,1-3H3,(H,24,26)(H,25,28)/t20-/m0/s1. The molecule has 2 aromatic carbocycles. The number of hydrogen-bond donors (Lipinski definition) is 2. The van der Waals surface area contributed by atoms with Crippen molar-refractivity contribution in [3.8, 4) is 5.75 Å². The number of anilines is 1. The molecule has 0 bridgehead atoms.